The van der Waals surface area contributed by atoms with E-state index in [1.54, 1.807) is 26.4 Å². The van der Waals surface area contributed by atoms with Crippen LogP contribution in [-0.2, 0) is 4.79 Å². The van der Waals surface area contributed by atoms with Crippen molar-refractivity contribution in [3.63, 3.8) is 0 Å². The normalized spacial score (nSPS) is 10.6. The summed E-state index contributed by atoms with van der Waals surface area (Å²) in [5, 5.41) is 6.07. The number of ether oxygens (including phenoxy) is 2. The summed E-state index contributed by atoms with van der Waals surface area (Å²) in [6.45, 7) is -0.0770. The molecule has 0 atom stereocenters. The number of nitrogens with zero attached hydrogens (tertiary/aromatic N) is 2. The van der Waals surface area contributed by atoms with Gasteiger partial charge in [0.2, 0.25) is 5.91 Å². The van der Waals surface area contributed by atoms with Crippen molar-refractivity contribution >= 4 is 51.9 Å². The van der Waals surface area contributed by atoms with Gasteiger partial charge in [0.25, 0.3) is 0 Å². The Balaban J connectivity index is 1.63. The van der Waals surface area contributed by atoms with Gasteiger partial charge in [0.15, 0.2) is 11.6 Å². The minimum atomic E-state index is -0.254. The quantitative estimate of drug-likeness (QED) is 0.260. The van der Waals surface area contributed by atoms with Gasteiger partial charge in [-0.15, -0.1) is 0 Å². The molecule has 1 heterocycles. The van der Waals surface area contributed by atoms with Crippen LogP contribution in [-0.4, -0.2) is 36.6 Å². The minimum Gasteiger partial charge on any atom is -0.497 e. The number of nitrogens with one attached hydrogen (secondary N) is 3. The van der Waals surface area contributed by atoms with Gasteiger partial charge < -0.3 is 30.6 Å². The molecule has 0 spiro atoms. The molecule has 5 N–H and O–H groups in total. The van der Waals surface area contributed by atoms with Crippen molar-refractivity contribution in [1.29, 1.82) is 0 Å². The van der Waals surface area contributed by atoms with Crippen LogP contribution < -0.4 is 30.6 Å². The number of fused-ring (bicyclic) bond motifs is 1. The number of rotatable bonds is 9. The van der Waals surface area contributed by atoms with Crippen molar-refractivity contribution in [2.75, 3.05) is 36.1 Å². The molecule has 174 valence electrons. The number of hydrogen-bond acceptors (Lipinski definition) is 9. The number of nitrogens with two attached hydrogens (primary N) is 1. The molecule has 34 heavy (non-hydrogen) atoms. The van der Waals surface area contributed by atoms with E-state index in [9.17, 15) is 4.79 Å². The molecule has 1 amide bonds. The summed E-state index contributed by atoms with van der Waals surface area (Å²) >= 11 is 1.35. The average Bonchev–Trinajstić information content (AvgIpc) is 2.87. The lowest BCUT2D eigenvalue weighted by molar-refractivity contribution is -0.114. The van der Waals surface area contributed by atoms with Crippen molar-refractivity contribution in [1.82, 2.24) is 9.97 Å². The number of aromatic nitrogens is 2. The molecule has 0 radical (unpaired) electrons. The highest BCUT2D eigenvalue weighted by Gasteiger charge is 2.12. The molecule has 4 aromatic rings. The lowest BCUT2D eigenvalue weighted by atomic mass is 10.2. The first-order chi connectivity index (χ1) is 16.6. The Kier molecular flexibility index (Phi) is 7.31. The summed E-state index contributed by atoms with van der Waals surface area (Å²) in [5.74, 6) is 2.12. The Hall–Kier alpha value is -4.02. The molecule has 4 rings (SSSR count). The van der Waals surface area contributed by atoms with E-state index in [0.717, 1.165) is 21.6 Å². The number of anilines is 4. The number of carbonyl (C=O) groups excluding carboxylic acids is 1. The lowest BCUT2D eigenvalue weighted by Gasteiger charge is -2.14. The Labute approximate surface area is 201 Å². The maximum absolute atomic E-state index is 11.6. The molecule has 0 unspecified atom stereocenters. The molecule has 0 aliphatic heterocycles. The molecule has 0 saturated heterocycles. The lowest BCUT2D eigenvalue weighted by Crippen LogP contribution is -2.21. The van der Waals surface area contributed by atoms with Crippen molar-refractivity contribution in [3.05, 3.63) is 66.7 Å². The van der Waals surface area contributed by atoms with E-state index in [4.69, 9.17) is 25.2 Å². The first-order valence-electron chi connectivity index (χ1n) is 10.4. The van der Waals surface area contributed by atoms with Crippen molar-refractivity contribution in [2.45, 2.75) is 4.90 Å². The molecular formula is C24H24N6O3S. The third-order valence-corrected chi connectivity index (χ3v) is 5.54. The van der Waals surface area contributed by atoms with Gasteiger partial charge in [0.05, 0.1) is 31.8 Å². The van der Waals surface area contributed by atoms with Gasteiger partial charge in [-0.3, -0.25) is 4.79 Å². The fourth-order valence-corrected chi connectivity index (χ4v) is 3.82. The summed E-state index contributed by atoms with van der Waals surface area (Å²) in [6, 6.07) is 20.5. The number of para-hydroxylation sites is 2. The molecule has 0 aliphatic rings. The Morgan fingerprint density at radius 3 is 2.21 bits per heavy atom. The van der Waals surface area contributed by atoms with Crippen molar-refractivity contribution < 1.29 is 14.3 Å². The number of benzene rings is 3. The van der Waals surface area contributed by atoms with Crippen LogP contribution in [0.15, 0.2) is 71.6 Å². The summed E-state index contributed by atoms with van der Waals surface area (Å²) in [7, 11) is 3.20. The third-order valence-electron chi connectivity index (χ3n) is 4.75. The highest BCUT2D eigenvalue weighted by Crippen LogP contribution is 2.32. The molecular weight excluding hydrogens is 452 g/mol. The largest absolute Gasteiger partial charge is 0.497 e. The topological polar surface area (TPSA) is 123 Å². The Bertz CT molecular complexity index is 1290. The van der Waals surface area contributed by atoms with E-state index in [0.29, 0.717) is 28.8 Å². The molecule has 0 fully saturated rings. The highest BCUT2D eigenvalue weighted by molar-refractivity contribution is 8.00. The summed E-state index contributed by atoms with van der Waals surface area (Å²) in [4.78, 5) is 22.0. The highest BCUT2D eigenvalue weighted by atomic mass is 32.2. The molecule has 1 aromatic heterocycles. The summed E-state index contributed by atoms with van der Waals surface area (Å²) in [5.41, 5.74) is 8.29. The van der Waals surface area contributed by atoms with Crippen molar-refractivity contribution in [2.24, 2.45) is 5.73 Å². The fraction of sp³-hybridized carbons (Fsp3) is 0.125. The number of carbonyl (C=O) groups is 1. The van der Waals surface area contributed by atoms with Crippen LogP contribution in [0.1, 0.15) is 0 Å². The van der Waals surface area contributed by atoms with Crippen LogP contribution in [0.5, 0.6) is 11.5 Å². The number of hydrogen-bond donors (Lipinski definition) is 4. The molecule has 0 aliphatic carbocycles. The van der Waals surface area contributed by atoms with E-state index in [-0.39, 0.29) is 12.5 Å². The number of amides is 1. The van der Waals surface area contributed by atoms with Gasteiger partial charge >= 0.3 is 0 Å². The molecule has 9 nitrogen and oxygen atoms in total. The summed E-state index contributed by atoms with van der Waals surface area (Å²) in [6.07, 6.45) is 0. The standard InChI is InChI=1S/C24H24N6O3S/c1-32-17-10-16(11-18(13-17)33-2)27-23-24(29-21-9-4-3-8-20(21)28-23)30-34-19-7-5-6-15(12-19)26-22(31)14-25/h3-13H,14,25H2,1-2H3,(H,26,31)(H,27,28)(H,29,30). The van der Waals surface area contributed by atoms with Gasteiger partial charge in [-0.1, -0.05) is 18.2 Å². The number of methoxy groups -OCH3 is 2. The SMILES string of the molecule is COc1cc(Nc2nc3ccccc3nc2NSc2cccc(NC(=O)CN)c2)cc(OC)c1. The molecule has 0 saturated carbocycles. The second-order valence-electron chi connectivity index (χ2n) is 7.12. The zero-order valence-electron chi connectivity index (χ0n) is 18.7. The van der Waals surface area contributed by atoms with Crippen LogP contribution in [0.3, 0.4) is 0 Å². The first kappa shape index (κ1) is 23.1. The predicted octanol–water partition coefficient (Wildman–Crippen LogP) is 4.41. The fourth-order valence-electron chi connectivity index (χ4n) is 3.13. The van der Waals surface area contributed by atoms with Gasteiger partial charge in [0.1, 0.15) is 11.5 Å². The van der Waals surface area contributed by atoms with Crippen molar-refractivity contribution in [3.8, 4) is 11.5 Å². The molecule has 10 heteroatoms. The van der Waals surface area contributed by atoms with Gasteiger partial charge in [-0.2, -0.15) is 0 Å². The van der Waals surface area contributed by atoms with E-state index < -0.39 is 0 Å². The Morgan fingerprint density at radius 2 is 1.56 bits per heavy atom. The third kappa shape index (κ3) is 5.66. The maximum atomic E-state index is 11.6. The van der Waals surface area contributed by atoms with Gasteiger partial charge in [-0.25, -0.2) is 9.97 Å². The summed E-state index contributed by atoms with van der Waals surface area (Å²) < 4.78 is 14.0. The van der Waals surface area contributed by atoms with E-state index >= 15 is 0 Å². The molecule has 3 aromatic carbocycles. The smallest absolute Gasteiger partial charge is 0.238 e. The monoisotopic (exact) mass is 476 g/mol. The molecule has 0 bridgehead atoms. The van der Waals surface area contributed by atoms with Crippen LogP contribution in [0.2, 0.25) is 0 Å². The predicted molar refractivity (Wildman–Crippen MR) is 136 cm³/mol. The average molecular weight is 477 g/mol. The van der Waals surface area contributed by atoms with Crippen LogP contribution >= 0.6 is 11.9 Å². The van der Waals surface area contributed by atoms with Crippen LogP contribution in [0.4, 0.5) is 23.0 Å². The van der Waals surface area contributed by atoms with Crippen LogP contribution in [0, 0.1) is 0 Å². The zero-order chi connectivity index (χ0) is 23.9. The van der Waals surface area contributed by atoms with E-state index in [2.05, 4.69) is 15.4 Å². The second kappa shape index (κ2) is 10.7. The Morgan fingerprint density at radius 1 is 0.882 bits per heavy atom. The minimum absolute atomic E-state index is 0.0770. The van der Waals surface area contributed by atoms with E-state index in [1.165, 1.54) is 11.9 Å². The first-order valence-corrected chi connectivity index (χ1v) is 11.2. The second-order valence-corrected chi connectivity index (χ2v) is 8.00. The van der Waals surface area contributed by atoms with Gasteiger partial charge in [-0.05, 0) is 42.3 Å². The zero-order valence-corrected chi connectivity index (χ0v) is 19.5. The van der Waals surface area contributed by atoms with Crippen LogP contribution in [0.25, 0.3) is 11.0 Å². The maximum Gasteiger partial charge on any atom is 0.238 e. The van der Waals surface area contributed by atoms with E-state index in [1.807, 2.05) is 54.6 Å². The van der Waals surface area contributed by atoms with Gasteiger partial charge in [0, 0.05) is 34.5 Å².